The summed E-state index contributed by atoms with van der Waals surface area (Å²) in [6.07, 6.45) is 1.14. The van der Waals surface area contributed by atoms with Crippen molar-refractivity contribution in [3.05, 3.63) is 35.1 Å². The van der Waals surface area contributed by atoms with Crippen LogP contribution in [0.25, 0.3) is 0 Å². The Labute approximate surface area is 129 Å². The number of morpholine rings is 1. The molecule has 0 aliphatic carbocycles. The van der Waals surface area contributed by atoms with Crippen molar-refractivity contribution in [3.63, 3.8) is 0 Å². The molecule has 0 spiro atoms. The number of benzene rings is 1. The van der Waals surface area contributed by atoms with E-state index in [1.165, 1.54) is 18.2 Å². The van der Waals surface area contributed by atoms with Gasteiger partial charge in [-0.1, -0.05) is 6.07 Å². The lowest BCUT2D eigenvalue weighted by Gasteiger charge is -2.27. The van der Waals surface area contributed by atoms with E-state index in [9.17, 15) is 12.8 Å². The minimum Gasteiger partial charge on any atom is -0.378 e. The van der Waals surface area contributed by atoms with Crippen molar-refractivity contribution in [3.8, 4) is 0 Å². The molecule has 1 heterocycles. The minimum absolute atomic E-state index is 0.143. The quantitative estimate of drug-likeness (QED) is 0.643. The van der Waals surface area contributed by atoms with Crippen molar-refractivity contribution < 1.29 is 17.5 Å². The number of sulfone groups is 1. The van der Waals surface area contributed by atoms with Crippen molar-refractivity contribution in [1.82, 2.24) is 4.90 Å². The summed E-state index contributed by atoms with van der Waals surface area (Å²) in [7, 11) is -3.20. The summed E-state index contributed by atoms with van der Waals surface area (Å²) < 4.78 is 41.5. The molecule has 1 aromatic carbocycles. The van der Waals surface area contributed by atoms with Gasteiger partial charge in [0.05, 0.1) is 25.5 Å². The second-order valence-electron chi connectivity index (χ2n) is 5.26. The van der Waals surface area contributed by atoms with Crippen LogP contribution in [0.2, 0.25) is 0 Å². The van der Waals surface area contributed by atoms with Crippen molar-refractivity contribution in [2.75, 3.05) is 32.6 Å². The summed E-state index contributed by atoms with van der Waals surface area (Å²) >= 11 is 0. The van der Waals surface area contributed by atoms with E-state index in [-0.39, 0.29) is 12.3 Å². The van der Waals surface area contributed by atoms with Crippen LogP contribution in [0.1, 0.15) is 11.1 Å². The highest BCUT2D eigenvalue weighted by Crippen LogP contribution is 2.15. The molecule has 0 amide bonds. The number of rotatable bonds is 4. The number of guanidine groups is 1. The van der Waals surface area contributed by atoms with Crippen LogP contribution >= 0.6 is 0 Å². The molecule has 0 unspecified atom stereocenters. The number of nitrogens with zero attached hydrogens (tertiary/aromatic N) is 2. The van der Waals surface area contributed by atoms with Gasteiger partial charge in [-0.25, -0.2) is 17.8 Å². The van der Waals surface area contributed by atoms with Gasteiger partial charge in [-0.15, -0.1) is 0 Å². The van der Waals surface area contributed by atoms with E-state index in [1.807, 2.05) is 4.90 Å². The summed E-state index contributed by atoms with van der Waals surface area (Å²) in [6, 6.07) is 4.03. The first-order valence-corrected chi connectivity index (χ1v) is 8.99. The predicted molar refractivity (Wildman–Crippen MR) is 82.7 cm³/mol. The molecule has 1 saturated heterocycles. The minimum atomic E-state index is -3.20. The van der Waals surface area contributed by atoms with Gasteiger partial charge in [-0.3, -0.25) is 0 Å². The van der Waals surface area contributed by atoms with Crippen LogP contribution < -0.4 is 5.73 Å². The van der Waals surface area contributed by atoms with Gasteiger partial charge in [0.1, 0.15) is 5.82 Å². The first-order valence-electron chi connectivity index (χ1n) is 6.93. The third-order valence-corrected chi connectivity index (χ3v) is 4.17. The Bertz CT molecular complexity index is 655. The molecule has 1 aliphatic rings. The molecule has 2 rings (SSSR count). The third-order valence-electron chi connectivity index (χ3n) is 3.33. The molecule has 1 fully saturated rings. The average molecular weight is 329 g/mol. The van der Waals surface area contributed by atoms with E-state index < -0.39 is 15.7 Å². The highest BCUT2D eigenvalue weighted by Gasteiger charge is 2.13. The maximum absolute atomic E-state index is 13.4. The molecule has 6 nitrogen and oxygen atoms in total. The molecule has 2 N–H and O–H groups in total. The van der Waals surface area contributed by atoms with Crippen LogP contribution in [0.4, 0.5) is 4.39 Å². The molecule has 0 radical (unpaired) electrons. The zero-order valence-electron chi connectivity index (χ0n) is 12.5. The van der Waals surface area contributed by atoms with Gasteiger partial charge in [0, 0.05) is 19.3 Å². The highest BCUT2D eigenvalue weighted by molar-refractivity contribution is 7.89. The molecular formula is C14H20FN3O3S. The molecule has 0 atom stereocenters. The molecule has 8 heteroatoms. The Morgan fingerprint density at radius 1 is 1.36 bits per heavy atom. The third kappa shape index (κ3) is 4.96. The second-order valence-corrected chi connectivity index (χ2v) is 7.40. The molecule has 22 heavy (non-hydrogen) atoms. The van der Waals surface area contributed by atoms with E-state index in [4.69, 9.17) is 10.5 Å². The largest absolute Gasteiger partial charge is 0.378 e. The summed E-state index contributed by atoms with van der Waals surface area (Å²) in [6.45, 7) is 2.65. The SMILES string of the molecule is CS(=O)(=O)Cc1ccc(F)cc1CN=C(N)N1CCOCC1. The van der Waals surface area contributed by atoms with Gasteiger partial charge >= 0.3 is 0 Å². The lowest BCUT2D eigenvalue weighted by atomic mass is 10.1. The van der Waals surface area contributed by atoms with Crippen molar-refractivity contribution in [2.24, 2.45) is 10.7 Å². The Morgan fingerprint density at radius 3 is 2.68 bits per heavy atom. The lowest BCUT2D eigenvalue weighted by Crippen LogP contribution is -2.44. The fourth-order valence-corrected chi connectivity index (χ4v) is 3.07. The van der Waals surface area contributed by atoms with Crippen molar-refractivity contribution >= 4 is 15.8 Å². The number of ether oxygens (including phenoxy) is 1. The molecule has 0 saturated carbocycles. The van der Waals surface area contributed by atoms with Gasteiger partial charge in [-0.05, 0) is 23.3 Å². The Balaban J connectivity index is 2.15. The van der Waals surface area contributed by atoms with E-state index in [0.29, 0.717) is 43.4 Å². The summed E-state index contributed by atoms with van der Waals surface area (Å²) in [4.78, 5) is 6.14. The molecular weight excluding hydrogens is 309 g/mol. The van der Waals surface area contributed by atoms with Crippen LogP contribution in [0.5, 0.6) is 0 Å². The van der Waals surface area contributed by atoms with Crippen LogP contribution in [0, 0.1) is 5.82 Å². The second kappa shape index (κ2) is 7.06. The van der Waals surface area contributed by atoms with E-state index in [0.717, 1.165) is 6.26 Å². The van der Waals surface area contributed by atoms with Crippen LogP contribution in [-0.4, -0.2) is 51.8 Å². The van der Waals surface area contributed by atoms with E-state index >= 15 is 0 Å². The average Bonchev–Trinajstić information content (AvgIpc) is 2.47. The lowest BCUT2D eigenvalue weighted by molar-refractivity contribution is 0.0674. The fraction of sp³-hybridized carbons (Fsp3) is 0.500. The number of hydrogen-bond donors (Lipinski definition) is 1. The summed E-state index contributed by atoms with van der Waals surface area (Å²) in [5, 5.41) is 0. The summed E-state index contributed by atoms with van der Waals surface area (Å²) in [5.74, 6) is -0.208. The first kappa shape index (κ1) is 16.7. The molecule has 0 bridgehead atoms. The summed E-state index contributed by atoms with van der Waals surface area (Å²) in [5.41, 5.74) is 6.99. The van der Waals surface area contributed by atoms with Crippen LogP contribution in [-0.2, 0) is 26.9 Å². The highest BCUT2D eigenvalue weighted by atomic mass is 32.2. The monoisotopic (exact) mass is 329 g/mol. The molecule has 1 aliphatic heterocycles. The normalized spacial score (nSPS) is 16.8. The number of halogens is 1. The topological polar surface area (TPSA) is 85.0 Å². The van der Waals surface area contributed by atoms with Crippen molar-refractivity contribution in [1.29, 1.82) is 0 Å². The smallest absolute Gasteiger partial charge is 0.191 e. The van der Waals surface area contributed by atoms with Gasteiger partial charge < -0.3 is 15.4 Å². The van der Waals surface area contributed by atoms with E-state index in [1.54, 1.807) is 0 Å². The Kier molecular flexibility index (Phi) is 5.36. The maximum atomic E-state index is 13.4. The molecule has 0 aromatic heterocycles. The Morgan fingerprint density at radius 2 is 2.05 bits per heavy atom. The van der Waals surface area contributed by atoms with E-state index in [2.05, 4.69) is 4.99 Å². The number of nitrogens with two attached hydrogens (primary N) is 1. The van der Waals surface area contributed by atoms with Gasteiger partial charge in [0.15, 0.2) is 15.8 Å². The zero-order chi connectivity index (χ0) is 16.2. The predicted octanol–water partition coefficient (Wildman–Crippen LogP) is 0.517. The zero-order valence-corrected chi connectivity index (χ0v) is 13.3. The van der Waals surface area contributed by atoms with Gasteiger partial charge in [0.25, 0.3) is 0 Å². The maximum Gasteiger partial charge on any atom is 0.191 e. The first-order chi connectivity index (χ1) is 10.3. The number of aliphatic imine (C=N–C) groups is 1. The Hall–Kier alpha value is -1.67. The van der Waals surface area contributed by atoms with Gasteiger partial charge in [0.2, 0.25) is 0 Å². The van der Waals surface area contributed by atoms with Crippen molar-refractivity contribution in [2.45, 2.75) is 12.3 Å². The van der Waals surface area contributed by atoms with Gasteiger partial charge in [-0.2, -0.15) is 0 Å². The number of hydrogen-bond acceptors (Lipinski definition) is 4. The standard InChI is InChI=1S/C14H20FN3O3S/c1-22(19,20)10-11-2-3-13(15)8-12(11)9-17-14(16)18-4-6-21-7-5-18/h2-3,8H,4-7,9-10H2,1H3,(H2,16,17). The van der Waals surface area contributed by atoms with Crippen LogP contribution in [0.15, 0.2) is 23.2 Å². The fourth-order valence-electron chi connectivity index (χ4n) is 2.22. The van der Waals surface area contributed by atoms with Crippen LogP contribution in [0.3, 0.4) is 0 Å². The molecule has 1 aromatic rings. The molecule has 122 valence electrons.